The summed E-state index contributed by atoms with van der Waals surface area (Å²) < 4.78 is 6.87. The van der Waals surface area contributed by atoms with Gasteiger partial charge in [0, 0.05) is 6.42 Å². The highest BCUT2D eigenvalue weighted by molar-refractivity contribution is 9.10. The molecule has 1 saturated heterocycles. The number of hydrogen-bond acceptors (Lipinski definition) is 1. The zero-order chi connectivity index (χ0) is 12.8. The van der Waals surface area contributed by atoms with Crippen LogP contribution in [-0.4, -0.2) is 39.3 Å². The smallest absolute Gasteiger partial charge is 0.133 e. The Kier molecular flexibility index (Phi) is 5.47. The van der Waals surface area contributed by atoms with Crippen LogP contribution in [0, 0.1) is 6.92 Å². The van der Waals surface area contributed by atoms with Crippen LogP contribution in [0.4, 0.5) is 0 Å². The molecule has 0 radical (unpaired) electrons. The zero-order valence-electron chi connectivity index (χ0n) is 11.0. The zero-order valence-corrected chi connectivity index (χ0v) is 12.6. The first kappa shape index (κ1) is 13.8. The van der Waals surface area contributed by atoms with E-state index in [4.69, 9.17) is 4.74 Å². The van der Waals surface area contributed by atoms with Crippen molar-refractivity contribution < 1.29 is 15.0 Å². The maximum atomic E-state index is 5.81. The van der Waals surface area contributed by atoms with E-state index in [1.807, 2.05) is 6.07 Å². The molecule has 1 aliphatic rings. The lowest BCUT2D eigenvalue weighted by Gasteiger charge is -2.22. The number of rotatable bonds is 5. The van der Waals surface area contributed by atoms with Crippen molar-refractivity contribution in [3.8, 4) is 5.75 Å². The third-order valence-corrected chi connectivity index (χ3v) is 4.04. The van der Waals surface area contributed by atoms with Gasteiger partial charge in [-0.15, -0.1) is 0 Å². The fourth-order valence-corrected chi connectivity index (χ4v) is 2.97. The fraction of sp³-hybridized carbons (Fsp3) is 0.571. The molecular weight excluding hydrogens is 292 g/mol. The summed E-state index contributed by atoms with van der Waals surface area (Å²) in [6.45, 7) is 9.29. The summed E-state index contributed by atoms with van der Waals surface area (Å²) in [7, 11) is 0. The predicted molar refractivity (Wildman–Crippen MR) is 76.2 cm³/mol. The minimum atomic E-state index is 0.814. The Morgan fingerprint density at radius 2 is 2.11 bits per heavy atom. The van der Waals surface area contributed by atoms with Crippen LogP contribution in [0.2, 0.25) is 0 Å². The average molecular weight is 315 g/mol. The van der Waals surface area contributed by atoms with Crippen LogP contribution in [0.3, 0.4) is 0 Å². The van der Waals surface area contributed by atoms with Gasteiger partial charge in [0.15, 0.2) is 0 Å². The summed E-state index contributed by atoms with van der Waals surface area (Å²) in [5, 5.41) is 2.41. The van der Waals surface area contributed by atoms with Crippen molar-refractivity contribution in [1.29, 1.82) is 0 Å². The molecule has 100 valence electrons. The van der Waals surface area contributed by atoms with Crippen LogP contribution in [-0.2, 0) is 0 Å². The molecule has 4 heteroatoms. The second-order valence-electron chi connectivity index (χ2n) is 5.00. The molecule has 1 aromatic rings. The van der Waals surface area contributed by atoms with Crippen molar-refractivity contribution in [3.05, 3.63) is 28.2 Å². The van der Waals surface area contributed by atoms with E-state index in [0.29, 0.717) is 0 Å². The lowest BCUT2D eigenvalue weighted by atomic mass is 10.2. The van der Waals surface area contributed by atoms with Crippen molar-refractivity contribution in [2.75, 3.05) is 39.3 Å². The Balaban J connectivity index is 1.68. The van der Waals surface area contributed by atoms with E-state index in [1.54, 1.807) is 4.90 Å². The summed E-state index contributed by atoms with van der Waals surface area (Å²) >= 11 is 3.54. The van der Waals surface area contributed by atoms with Crippen molar-refractivity contribution in [1.82, 2.24) is 0 Å². The van der Waals surface area contributed by atoms with E-state index in [9.17, 15) is 0 Å². The molecule has 0 spiro atoms. The van der Waals surface area contributed by atoms with Crippen LogP contribution >= 0.6 is 15.9 Å². The molecule has 3 nitrogen and oxygen atoms in total. The van der Waals surface area contributed by atoms with E-state index in [0.717, 1.165) is 23.2 Å². The average Bonchev–Trinajstić information content (AvgIpc) is 2.38. The fourth-order valence-electron chi connectivity index (χ4n) is 2.36. The number of ether oxygens (including phenoxy) is 1. The molecule has 0 atom stereocenters. The molecule has 2 rings (SSSR count). The van der Waals surface area contributed by atoms with E-state index < -0.39 is 0 Å². The van der Waals surface area contributed by atoms with Gasteiger partial charge in [-0.3, -0.25) is 0 Å². The predicted octanol–water partition coefficient (Wildman–Crippen LogP) is -0.0117. The van der Waals surface area contributed by atoms with E-state index in [-0.39, 0.29) is 0 Å². The van der Waals surface area contributed by atoms with Gasteiger partial charge in [-0.05, 0) is 40.5 Å². The molecule has 0 unspecified atom stereocenters. The van der Waals surface area contributed by atoms with E-state index in [2.05, 4.69) is 40.3 Å². The van der Waals surface area contributed by atoms with Crippen molar-refractivity contribution in [2.24, 2.45) is 0 Å². The normalized spacial score (nSPS) is 16.8. The highest BCUT2D eigenvalue weighted by Crippen LogP contribution is 2.25. The Bertz CT molecular complexity index is 378. The van der Waals surface area contributed by atoms with Crippen molar-refractivity contribution in [3.63, 3.8) is 0 Å². The summed E-state index contributed by atoms with van der Waals surface area (Å²) in [5.41, 5.74) is 1.25. The van der Waals surface area contributed by atoms with Crippen LogP contribution in [0.5, 0.6) is 5.75 Å². The van der Waals surface area contributed by atoms with Gasteiger partial charge in [0.1, 0.15) is 31.9 Å². The first-order valence-electron chi connectivity index (χ1n) is 6.80. The molecule has 0 saturated carbocycles. The quantitative estimate of drug-likeness (QED) is 0.736. The lowest BCUT2D eigenvalue weighted by Crippen LogP contribution is -3.20. The maximum absolute atomic E-state index is 5.81. The standard InChI is InChI=1S/C14H21BrN2O/c1-12-3-4-14(13(15)11-12)18-10-2-7-17-8-5-16-6-9-17/h3-4,11,16H,2,5-10H2,1H3/p+2. The van der Waals surface area contributed by atoms with Gasteiger partial charge in [0.2, 0.25) is 0 Å². The molecule has 3 N–H and O–H groups in total. The third-order valence-electron chi connectivity index (χ3n) is 3.42. The summed E-state index contributed by atoms with van der Waals surface area (Å²) in [6, 6.07) is 6.23. The largest absolute Gasteiger partial charge is 0.492 e. The van der Waals surface area contributed by atoms with Gasteiger partial charge in [-0.25, -0.2) is 0 Å². The highest BCUT2D eigenvalue weighted by atomic mass is 79.9. The third kappa shape index (κ3) is 4.26. The minimum Gasteiger partial charge on any atom is -0.492 e. The van der Waals surface area contributed by atoms with Gasteiger partial charge >= 0.3 is 0 Å². The van der Waals surface area contributed by atoms with Gasteiger partial charge in [0.25, 0.3) is 0 Å². The molecule has 0 amide bonds. The monoisotopic (exact) mass is 314 g/mol. The topological polar surface area (TPSA) is 30.3 Å². The Morgan fingerprint density at radius 3 is 2.83 bits per heavy atom. The van der Waals surface area contributed by atoms with Crippen LogP contribution in [0.15, 0.2) is 22.7 Å². The van der Waals surface area contributed by atoms with Gasteiger partial charge in [0.05, 0.1) is 17.6 Å². The van der Waals surface area contributed by atoms with E-state index >= 15 is 0 Å². The Hall–Kier alpha value is -0.580. The highest BCUT2D eigenvalue weighted by Gasteiger charge is 2.14. The second kappa shape index (κ2) is 7.12. The van der Waals surface area contributed by atoms with E-state index in [1.165, 1.54) is 38.3 Å². The summed E-state index contributed by atoms with van der Waals surface area (Å²) in [5.74, 6) is 0.961. The molecular formula is C14H23BrN2O+2. The van der Waals surface area contributed by atoms with Crippen LogP contribution in [0.25, 0.3) is 0 Å². The second-order valence-corrected chi connectivity index (χ2v) is 5.86. The van der Waals surface area contributed by atoms with Crippen LogP contribution < -0.4 is 15.0 Å². The Labute approximate surface area is 118 Å². The molecule has 1 aromatic carbocycles. The molecule has 18 heavy (non-hydrogen) atoms. The number of nitrogens with two attached hydrogens (primary N) is 1. The molecule has 0 aromatic heterocycles. The number of aryl methyl sites for hydroxylation is 1. The molecule has 1 aliphatic heterocycles. The Morgan fingerprint density at radius 1 is 1.33 bits per heavy atom. The molecule has 0 aliphatic carbocycles. The number of benzene rings is 1. The molecule has 0 bridgehead atoms. The summed E-state index contributed by atoms with van der Waals surface area (Å²) in [6.07, 6.45) is 1.13. The summed E-state index contributed by atoms with van der Waals surface area (Å²) in [4.78, 5) is 1.73. The van der Waals surface area contributed by atoms with Crippen molar-refractivity contribution in [2.45, 2.75) is 13.3 Å². The lowest BCUT2D eigenvalue weighted by molar-refractivity contribution is -0.946. The number of hydrogen-bond donors (Lipinski definition) is 2. The number of nitrogens with one attached hydrogen (secondary N) is 1. The number of piperazine rings is 1. The number of halogens is 1. The first-order valence-corrected chi connectivity index (χ1v) is 7.59. The SMILES string of the molecule is Cc1ccc(OCCC[NH+]2CC[NH2+]CC2)c(Br)c1. The molecule has 1 heterocycles. The minimum absolute atomic E-state index is 0.814. The molecule has 1 fully saturated rings. The van der Waals surface area contributed by atoms with Crippen molar-refractivity contribution >= 4 is 15.9 Å². The van der Waals surface area contributed by atoms with Gasteiger partial charge in [-0.2, -0.15) is 0 Å². The first-order chi connectivity index (χ1) is 8.75. The van der Waals surface area contributed by atoms with Gasteiger partial charge < -0.3 is 15.0 Å². The van der Waals surface area contributed by atoms with Crippen LogP contribution in [0.1, 0.15) is 12.0 Å². The van der Waals surface area contributed by atoms with Gasteiger partial charge in [-0.1, -0.05) is 6.07 Å². The number of quaternary nitrogens is 2. The maximum Gasteiger partial charge on any atom is 0.133 e.